The molecule has 2 amide bonds. The molecule has 6 heteroatoms. The Hall–Kier alpha value is -3.02. The summed E-state index contributed by atoms with van der Waals surface area (Å²) >= 11 is 0. The number of amides is 2. The van der Waals surface area contributed by atoms with Crippen LogP contribution in [-0.2, 0) is 16.1 Å². The van der Waals surface area contributed by atoms with E-state index in [4.69, 9.17) is 4.74 Å². The maximum absolute atomic E-state index is 13.0. The number of ether oxygens (including phenoxy) is 1. The van der Waals surface area contributed by atoms with Gasteiger partial charge in [0.25, 0.3) is 5.91 Å². The second-order valence-corrected chi connectivity index (χ2v) is 7.26. The summed E-state index contributed by atoms with van der Waals surface area (Å²) in [7, 11) is 1.62. The second kappa shape index (κ2) is 7.92. The average Bonchev–Trinajstić information content (AvgIpc) is 2.66. The summed E-state index contributed by atoms with van der Waals surface area (Å²) in [5.41, 5.74) is 1.61. The molecule has 0 spiro atoms. The van der Waals surface area contributed by atoms with E-state index >= 15 is 0 Å². The van der Waals surface area contributed by atoms with E-state index in [1.165, 1.54) is 0 Å². The number of hydrogen-bond acceptors (Lipinski definition) is 4. The van der Waals surface area contributed by atoms with E-state index in [1.54, 1.807) is 18.1 Å². The molecule has 1 aromatic rings. The molecule has 0 bridgehead atoms. The Morgan fingerprint density at radius 3 is 2.75 bits per heavy atom. The minimum absolute atomic E-state index is 0.0486. The molecule has 3 aliphatic rings. The van der Waals surface area contributed by atoms with Gasteiger partial charge in [-0.1, -0.05) is 42.8 Å². The van der Waals surface area contributed by atoms with Crippen molar-refractivity contribution in [2.75, 3.05) is 13.7 Å². The molecule has 0 saturated heterocycles. The molecule has 1 atom stereocenters. The third-order valence-electron chi connectivity index (χ3n) is 5.42. The van der Waals surface area contributed by atoms with Crippen LogP contribution in [-0.4, -0.2) is 41.9 Å². The van der Waals surface area contributed by atoms with Crippen molar-refractivity contribution in [1.82, 2.24) is 4.90 Å². The Morgan fingerprint density at radius 2 is 2.00 bits per heavy atom. The van der Waals surface area contributed by atoms with Gasteiger partial charge in [-0.15, -0.1) is 0 Å². The fourth-order valence-corrected chi connectivity index (χ4v) is 3.62. The van der Waals surface area contributed by atoms with Gasteiger partial charge in [-0.2, -0.15) is 4.99 Å². The Balaban J connectivity index is 1.58. The molecular formula is C22H23N3O3. The molecule has 6 nitrogen and oxygen atoms in total. The van der Waals surface area contributed by atoms with Crippen LogP contribution in [0.15, 0.2) is 58.6 Å². The van der Waals surface area contributed by atoms with Gasteiger partial charge < -0.3 is 9.64 Å². The molecule has 0 aromatic heterocycles. The van der Waals surface area contributed by atoms with Crippen LogP contribution in [0.3, 0.4) is 0 Å². The zero-order valence-corrected chi connectivity index (χ0v) is 15.9. The first-order valence-corrected chi connectivity index (χ1v) is 9.61. The number of nitrogens with zero attached hydrogens (tertiary/aromatic N) is 3. The van der Waals surface area contributed by atoms with Crippen LogP contribution >= 0.6 is 0 Å². The summed E-state index contributed by atoms with van der Waals surface area (Å²) < 4.78 is 5.44. The van der Waals surface area contributed by atoms with E-state index in [2.05, 4.69) is 9.98 Å². The van der Waals surface area contributed by atoms with Gasteiger partial charge >= 0.3 is 0 Å². The van der Waals surface area contributed by atoms with Crippen molar-refractivity contribution in [2.24, 2.45) is 21.8 Å². The molecule has 1 heterocycles. The summed E-state index contributed by atoms with van der Waals surface area (Å²) in [5, 5.41) is 0. The monoisotopic (exact) mass is 377 g/mol. The third-order valence-corrected chi connectivity index (χ3v) is 5.42. The predicted molar refractivity (Wildman–Crippen MR) is 107 cm³/mol. The molecule has 0 radical (unpaired) electrons. The summed E-state index contributed by atoms with van der Waals surface area (Å²) in [6, 6.07) is 7.66. The number of amidine groups is 1. The molecule has 1 aliphatic heterocycles. The van der Waals surface area contributed by atoms with Crippen molar-refractivity contribution < 1.29 is 14.3 Å². The standard InChI is InChI=1S/C22H23N3O3/c1-28-19-12-5-2-7-16(19)13-25(22(27)15-8-6-9-15)14-20-23-18-11-4-3-10-17(18)21(26)24-20/h2-5,7,10-12,15,17H,6,8-9,13-14H2,1H3. The van der Waals surface area contributed by atoms with Crippen molar-refractivity contribution in [1.29, 1.82) is 0 Å². The zero-order valence-electron chi connectivity index (χ0n) is 15.9. The van der Waals surface area contributed by atoms with Gasteiger partial charge in [0.1, 0.15) is 11.7 Å². The molecule has 144 valence electrons. The highest BCUT2D eigenvalue weighted by Gasteiger charge is 2.32. The molecule has 2 aliphatic carbocycles. The number of carbonyl (C=O) groups excluding carboxylic acids is 2. The topological polar surface area (TPSA) is 71.3 Å². The SMILES string of the molecule is COc1ccccc1CN(CC1=NC(=O)C2C=CC=CC2=N1)C(=O)C1CCC1. The fourth-order valence-electron chi connectivity index (χ4n) is 3.62. The smallest absolute Gasteiger partial charge is 0.260 e. The second-order valence-electron chi connectivity index (χ2n) is 7.26. The molecule has 4 rings (SSSR count). The minimum Gasteiger partial charge on any atom is -0.496 e. The van der Waals surface area contributed by atoms with E-state index in [1.807, 2.05) is 42.5 Å². The van der Waals surface area contributed by atoms with E-state index in [0.29, 0.717) is 18.1 Å². The van der Waals surface area contributed by atoms with Gasteiger partial charge in [0, 0.05) is 18.0 Å². The average molecular weight is 377 g/mol. The molecule has 1 saturated carbocycles. The third kappa shape index (κ3) is 3.67. The van der Waals surface area contributed by atoms with Gasteiger partial charge in [-0.25, -0.2) is 4.99 Å². The Labute approximate surface area is 164 Å². The maximum atomic E-state index is 13.0. The van der Waals surface area contributed by atoms with E-state index in [-0.39, 0.29) is 24.3 Å². The molecular weight excluding hydrogens is 354 g/mol. The number of aliphatic imine (C=N–C) groups is 2. The lowest BCUT2D eigenvalue weighted by molar-refractivity contribution is -0.138. The summed E-state index contributed by atoms with van der Waals surface area (Å²) in [5.74, 6) is 0.634. The quantitative estimate of drug-likeness (QED) is 0.765. The summed E-state index contributed by atoms with van der Waals surface area (Å²) in [6.07, 6.45) is 10.2. The first kappa shape index (κ1) is 18.3. The van der Waals surface area contributed by atoms with Crippen molar-refractivity contribution >= 4 is 23.4 Å². The number of rotatable bonds is 6. The van der Waals surface area contributed by atoms with Crippen molar-refractivity contribution in [3.05, 3.63) is 54.1 Å². The number of methoxy groups -OCH3 is 1. The van der Waals surface area contributed by atoms with Gasteiger partial charge in [0.2, 0.25) is 5.91 Å². The lowest BCUT2D eigenvalue weighted by atomic mass is 9.84. The molecule has 1 aromatic carbocycles. The van der Waals surface area contributed by atoms with Crippen LogP contribution in [0.4, 0.5) is 0 Å². The molecule has 1 fully saturated rings. The predicted octanol–water partition coefficient (Wildman–Crippen LogP) is 2.95. The zero-order chi connectivity index (χ0) is 19.5. The first-order chi connectivity index (χ1) is 13.7. The van der Waals surface area contributed by atoms with Crippen LogP contribution in [0, 0.1) is 11.8 Å². The molecule has 0 N–H and O–H groups in total. The van der Waals surface area contributed by atoms with Crippen LogP contribution in [0.2, 0.25) is 0 Å². The molecule has 28 heavy (non-hydrogen) atoms. The van der Waals surface area contributed by atoms with Gasteiger partial charge in [0.05, 0.1) is 19.4 Å². The van der Waals surface area contributed by atoms with Crippen molar-refractivity contribution in [2.45, 2.75) is 25.8 Å². The van der Waals surface area contributed by atoms with Crippen molar-refractivity contribution in [3.63, 3.8) is 0 Å². The number of para-hydroxylation sites is 1. The van der Waals surface area contributed by atoms with E-state index in [9.17, 15) is 9.59 Å². The normalized spacial score (nSPS) is 20.8. The lowest BCUT2D eigenvalue weighted by Crippen LogP contribution is -2.42. The highest BCUT2D eigenvalue weighted by Crippen LogP contribution is 2.30. The molecule has 1 unspecified atom stereocenters. The van der Waals surface area contributed by atoms with Gasteiger partial charge in [-0.05, 0) is 25.0 Å². The number of hydrogen-bond donors (Lipinski definition) is 0. The fraction of sp³-hybridized carbons (Fsp3) is 0.364. The summed E-state index contributed by atoms with van der Waals surface area (Å²) in [6.45, 7) is 0.615. The van der Waals surface area contributed by atoms with E-state index < -0.39 is 5.92 Å². The van der Waals surface area contributed by atoms with E-state index in [0.717, 1.165) is 30.6 Å². The van der Waals surface area contributed by atoms with Crippen LogP contribution in [0.5, 0.6) is 5.75 Å². The first-order valence-electron chi connectivity index (χ1n) is 9.61. The lowest BCUT2D eigenvalue weighted by Gasteiger charge is -2.32. The number of fused-ring (bicyclic) bond motifs is 1. The highest BCUT2D eigenvalue weighted by atomic mass is 16.5. The van der Waals surface area contributed by atoms with Gasteiger partial charge in [0.15, 0.2) is 5.84 Å². The van der Waals surface area contributed by atoms with Crippen LogP contribution in [0.25, 0.3) is 0 Å². The Bertz CT molecular complexity index is 909. The summed E-state index contributed by atoms with van der Waals surface area (Å²) in [4.78, 5) is 35.9. The largest absolute Gasteiger partial charge is 0.496 e. The minimum atomic E-state index is -0.404. The maximum Gasteiger partial charge on any atom is 0.260 e. The number of allylic oxidation sites excluding steroid dienone is 3. The van der Waals surface area contributed by atoms with Gasteiger partial charge in [-0.3, -0.25) is 9.59 Å². The Kier molecular flexibility index (Phi) is 5.19. The van der Waals surface area contributed by atoms with Crippen LogP contribution in [0.1, 0.15) is 24.8 Å². The van der Waals surface area contributed by atoms with Crippen LogP contribution < -0.4 is 4.74 Å². The highest BCUT2D eigenvalue weighted by molar-refractivity contribution is 6.21. The number of carbonyl (C=O) groups is 2. The number of benzene rings is 1. The Morgan fingerprint density at radius 1 is 1.18 bits per heavy atom. The van der Waals surface area contributed by atoms with Crippen molar-refractivity contribution in [3.8, 4) is 5.75 Å².